The highest BCUT2D eigenvalue weighted by atomic mass is 16.2. The van der Waals surface area contributed by atoms with Crippen LogP contribution in [-0.4, -0.2) is 18.2 Å². The molecular formula is C12H15NO2. The van der Waals surface area contributed by atoms with Crippen molar-refractivity contribution in [3.8, 4) is 0 Å². The molecule has 1 aromatic carbocycles. The summed E-state index contributed by atoms with van der Waals surface area (Å²) in [5.41, 5.74) is 0.580. The number of benzene rings is 1. The molecule has 3 heteroatoms. The van der Waals surface area contributed by atoms with Gasteiger partial charge in [-0.3, -0.25) is 9.59 Å². The van der Waals surface area contributed by atoms with E-state index in [1.54, 1.807) is 31.2 Å². The normalized spacial score (nSPS) is 11.9. The molecule has 3 nitrogen and oxygen atoms in total. The smallest absolute Gasteiger partial charge is 0.230 e. The molecule has 0 aliphatic rings. The lowest BCUT2D eigenvalue weighted by atomic mass is 9.99. The maximum Gasteiger partial charge on any atom is 0.230 e. The zero-order valence-electron chi connectivity index (χ0n) is 8.99. The fourth-order valence-corrected chi connectivity index (χ4v) is 1.30. The summed E-state index contributed by atoms with van der Waals surface area (Å²) in [7, 11) is 0. The number of rotatable bonds is 4. The number of Topliss-reactive ketones (excluding diaryl/α,β-unsaturated/α-hetero) is 1. The minimum atomic E-state index is -0.618. The van der Waals surface area contributed by atoms with Gasteiger partial charge in [0.25, 0.3) is 0 Å². The fourth-order valence-electron chi connectivity index (χ4n) is 1.30. The molecule has 0 bridgehead atoms. The molecule has 0 aliphatic carbocycles. The molecule has 0 fully saturated rings. The average Bonchev–Trinajstić information content (AvgIpc) is 2.28. The third-order valence-electron chi connectivity index (χ3n) is 2.20. The van der Waals surface area contributed by atoms with Gasteiger partial charge in [-0.2, -0.15) is 0 Å². The summed E-state index contributed by atoms with van der Waals surface area (Å²) < 4.78 is 0. The van der Waals surface area contributed by atoms with Crippen LogP contribution < -0.4 is 5.32 Å². The van der Waals surface area contributed by atoms with E-state index in [1.165, 1.54) is 0 Å². The van der Waals surface area contributed by atoms with Crippen molar-refractivity contribution in [3.63, 3.8) is 0 Å². The van der Waals surface area contributed by atoms with E-state index in [-0.39, 0.29) is 11.7 Å². The molecule has 0 aromatic heterocycles. The van der Waals surface area contributed by atoms with Crippen molar-refractivity contribution < 1.29 is 9.59 Å². The number of carbonyl (C=O) groups is 2. The van der Waals surface area contributed by atoms with Crippen molar-refractivity contribution >= 4 is 11.7 Å². The monoisotopic (exact) mass is 205 g/mol. The zero-order valence-corrected chi connectivity index (χ0v) is 8.99. The van der Waals surface area contributed by atoms with Gasteiger partial charge in [0.2, 0.25) is 5.91 Å². The second-order valence-corrected chi connectivity index (χ2v) is 3.35. The number of ketones is 1. The Balaban J connectivity index is 2.73. The molecule has 0 saturated carbocycles. The van der Waals surface area contributed by atoms with Crippen molar-refractivity contribution in [3.05, 3.63) is 35.9 Å². The van der Waals surface area contributed by atoms with E-state index in [2.05, 4.69) is 5.32 Å². The first-order chi connectivity index (χ1) is 7.16. The minimum absolute atomic E-state index is 0.137. The molecular weight excluding hydrogens is 190 g/mol. The molecule has 80 valence electrons. The minimum Gasteiger partial charge on any atom is -0.356 e. The summed E-state index contributed by atoms with van der Waals surface area (Å²) in [6.07, 6.45) is 0. The molecule has 1 unspecified atom stereocenters. The molecule has 1 amide bonds. The van der Waals surface area contributed by atoms with Crippen LogP contribution >= 0.6 is 0 Å². The van der Waals surface area contributed by atoms with Gasteiger partial charge in [-0.25, -0.2) is 0 Å². The van der Waals surface area contributed by atoms with E-state index < -0.39 is 5.92 Å². The molecule has 0 radical (unpaired) electrons. The average molecular weight is 205 g/mol. The molecule has 1 rings (SSSR count). The highest BCUT2D eigenvalue weighted by molar-refractivity contribution is 6.09. The number of carbonyl (C=O) groups excluding carboxylic acids is 2. The Morgan fingerprint density at radius 3 is 2.40 bits per heavy atom. The predicted molar refractivity (Wildman–Crippen MR) is 58.6 cm³/mol. The van der Waals surface area contributed by atoms with Gasteiger partial charge in [-0.05, 0) is 13.8 Å². The van der Waals surface area contributed by atoms with Gasteiger partial charge in [0.1, 0.15) is 0 Å². The predicted octanol–water partition coefficient (Wildman–Crippen LogP) is 1.64. The van der Waals surface area contributed by atoms with E-state index >= 15 is 0 Å². The molecule has 0 spiro atoms. The lowest BCUT2D eigenvalue weighted by Gasteiger charge is -2.09. The molecule has 0 aliphatic heterocycles. The zero-order chi connectivity index (χ0) is 11.3. The first kappa shape index (κ1) is 11.4. The van der Waals surface area contributed by atoms with Gasteiger partial charge in [-0.1, -0.05) is 30.3 Å². The van der Waals surface area contributed by atoms with Crippen LogP contribution in [-0.2, 0) is 4.79 Å². The van der Waals surface area contributed by atoms with Crippen molar-refractivity contribution in [2.45, 2.75) is 13.8 Å². The first-order valence-corrected chi connectivity index (χ1v) is 5.03. The molecule has 1 atom stereocenters. The summed E-state index contributed by atoms with van der Waals surface area (Å²) >= 11 is 0. The lowest BCUT2D eigenvalue weighted by Crippen LogP contribution is -2.33. The number of nitrogens with one attached hydrogen (secondary N) is 1. The van der Waals surface area contributed by atoms with Crippen LogP contribution in [0.2, 0.25) is 0 Å². The van der Waals surface area contributed by atoms with Crippen LogP contribution in [0.15, 0.2) is 30.3 Å². The highest BCUT2D eigenvalue weighted by Crippen LogP contribution is 2.08. The Kier molecular flexibility index (Phi) is 4.03. The standard InChI is InChI=1S/C12H15NO2/c1-3-13-12(15)9(2)11(14)10-7-5-4-6-8-10/h4-9H,3H2,1-2H3,(H,13,15). The van der Waals surface area contributed by atoms with Gasteiger partial charge < -0.3 is 5.32 Å². The number of hydrogen-bond acceptors (Lipinski definition) is 2. The quantitative estimate of drug-likeness (QED) is 0.600. The Bertz CT molecular complexity index is 346. The van der Waals surface area contributed by atoms with Crippen LogP contribution in [0.4, 0.5) is 0 Å². The summed E-state index contributed by atoms with van der Waals surface area (Å²) in [6.45, 7) is 4.00. The van der Waals surface area contributed by atoms with E-state index in [9.17, 15) is 9.59 Å². The first-order valence-electron chi connectivity index (χ1n) is 5.03. The lowest BCUT2D eigenvalue weighted by molar-refractivity contribution is -0.123. The number of hydrogen-bond donors (Lipinski definition) is 1. The third-order valence-corrected chi connectivity index (χ3v) is 2.20. The SMILES string of the molecule is CCNC(=O)C(C)C(=O)c1ccccc1. The van der Waals surface area contributed by atoms with Gasteiger partial charge in [0.05, 0.1) is 5.92 Å². The molecule has 0 saturated heterocycles. The van der Waals surface area contributed by atoms with Gasteiger partial charge >= 0.3 is 0 Å². The van der Waals surface area contributed by atoms with Gasteiger partial charge in [0.15, 0.2) is 5.78 Å². The summed E-state index contributed by atoms with van der Waals surface area (Å²) in [5.74, 6) is -0.972. The van der Waals surface area contributed by atoms with Gasteiger partial charge in [0, 0.05) is 12.1 Å². The summed E-state index contributed by atoms with van der Waals surface area (Å²) in [5, 5.41) is 2.64. The Morgan fingerprint density at radius 2 is 1.87 bits per heavy atom. The fraction of sp³-hybridized carbons (Fsp3) is 0.333. The highest BCUT2D eigenvalue weighted by Gasteiger charge is 2.21. The van der Waals surface area contributed by atoms with Crippen molar-refractivity contribution in [1.82, 2.24) is 5.32 Å². The summed E-state index contributed by atoms with van der Waals surface area (Å²) in [4.78, 5) is 23.2. The van der Waals surface area contributed by atoms with Crippen molar-refractivity contribution in [2.75, 3.05) is 6.54 Å². The molecule has 1 N–H and O–H groups in total. The Hall–Kier alpha value is -1.64. The van der Waals surface area contributed by atoms with E-state index in [4.69, 9.17) is 0 Å². The Labute approximate surface area is 89.5 Å². The van der Waals surface area contributed by atoms with Crippen molar-refractivity contribution in [1.29, 1.82) is 0 Å². The van der Waals surface area contributed by atoms with E-state index in [0.29, 0.717) is 12.1 Å². The molecule has 0 heterocycles. The third kappa shape index (κ3) is 2.91. The van der Waals surface area contributed by atoms with Crippen LogP contribution in [0.5, 0.6) is 0 Å². The van der Waals surface area contributed by atoms with Crippen LogP contribution in [0, 0.1) is 5.92 Å². The molecule has 15 heavy (non-hydrogen) atoms. The maximum atomic E-state index is 11.8. The topological polar surface area (TPSA) is 46.2 Å². The Morgan fingerprint density at radius 1 is 1.27 bits per heavy atom. The van der Waals surface area contributed by atoms with Crippen LogP contribution in [0.25, 0.3) is 0 Å². The number of amides is 1. The van der Waals surface area contributed by atoms with E-state index in [1.807, 2.05) is 13.0 Å². The largest absolute Gasteiger partial charge is 0.356 e. The van der Waals surface area contributed by atoms with Gasteiger partial charge in [-0.15, -0.1) is 0 Å². The summed E-state index contributed by atoms with van der Waals surface area (Å²) in [6, 6.07) is 8.86. The maximum absolute atomic E-state index is 11.8. The van der Waals surface area contributed by atoms with Crippen LogP contribution in [0.3, 0.4) is 0 Å². The van der Waals surface area contributed by atoms with Crippen LogP contribution in [0.1, 0.15) is 24.2 Å². The second kappa shape index (κ2) is 5.29. The molecule has 1 aromatic rings. The van der Waals surface area contributed by atoms with Crippen molar-refractivity contribution in [2.24, 2.45) is 5.92 Å². The van der Waals surface area contributed by atoms with E-state index in [0.717, 1.165) is 0 Å². The second-order valence-electron chi connectivity index (χ2n) is 3.35.